The Labute approximate surface area is 88.3 Å². The normalized spacial score (nSPS) is 20.1. The van der Waals surface area contributed by atoms with Gasteiger partial charge in [0.25, 0.3) is 5.91 Å². The molecule has 0 unspecified atom stereocenters. The van der Waals surface area contributed by atoms with Gasteiger partial charge < -0.3 is 14.7 Å². The van der Waals surface area contributed by atoms with Gasteiger partial charge in [0.15, 0.2) is 0 Å². The van der Waals surface area contributed by atoms with E-state index in [1.807, 2.05) is 0 Å². The summed E-state index contributed by atoms with van der Waals surface area (Å²) in [6, 6.07) is 0. The summed E-state index contributed by atoms with van der Waals surface area (Å²) < 4.78 is 4.62. The lowest BCUT2D eigenvalue weighted by Crippen LogP contribution is -2.34. The third-order valence-corrected chi connectivity index (χ3v) is 2.28. The van der Waals surface area contributed by atoms with E-state index in [4.69, 9.17) is 0 Å². The summed E-state index contributed by atoms with van der Waals surface area (Å²) in [5.74, 6) is -1.67. The molecule has 0 radical (unpaired) electrons. The fourth-order valence-corrected chi connectivity index (χ4v) is 1.47. The highest BCUT2D eigenvalue weighted by Gasteiger charge is 2.26. The van der Waals surface area contributed by atoms with Gasteiger partial charge in [-0.15, -0.1) is 0 Å². The molecule has 0 atom stereocenters. The minimum atomic E-state index is -0.823. The van der Waals surface area contributed by atoms with Crippen LogP contribution in [0.3, 0.4) is 0 Å². The van der Waals surface area contributed by atoms with Crippen LogP contribution in [0.5, 0.6) is 0 Å². The molecule has 15 heavy (non-hydrogen) atoms. The SMILES string of the molecule is CCOC(=O)C(O)=C1CCCN(C)C1=O. The topological polar surface area (TPSA) is 66.8 Å². The van der Waals surface area contributed by atoms with Crippen molar-refractivity contribution in [1.29, 1.82) is 0 Å². The molecule has 1 N–H and O–H groups in total. The quantitative estimate of drug-likeness (QED) is 0.414. The number of hydrogen-bond acceptors (Lipinski definition) is 4. The van der Waals surface area contributed by atoms with Crippen LogP contribution in [0, 0.1) is 0 Å². The molecule has 0 aliphatic carbocycles. The van der Waals surface area contributed by atoms with Crippen LogP contribution < -0.4 is 0 Å². The number of nitrogens with zero attached hydrogens (tertiary/aromatic N) is 1. The fraction of sp³-hybridized carbons (Fsp3) is 0.600. The molecular formula is C10H15NO4. The molecule has 1 rings (SSSR count). The number of ether oxygens (including phenoxy) is 1. The lowest BCUT2D eigenvalue weighted by Gasteiger charge is -2.24. The summed E-state index contributed by atoms with van der Waals surface area (Å²) in [6.07, 6.45) is 1.18. The maximum Gasteiger partial charge on any atom is 0.373 e. The Morgan fingerprint density at radius 2 is 2.27 bits per heavy atom. The van der Waals surface area contributed by atoms with Crippen LogP contribution in [-0.2, 0) is 14.3 Å². The van der Waals surface area contributed by atoms with E-state index >= 15 is 0 Å². The number of aliphatic hydroxyl groups is 1. The first kappa shape index (κ1) is 11.6. The van der Waals surface area contributed by atoms with Crippen LogP contribution in [0.1, 0.15) is 19.8 Å². The first-order chi connectivity index (χ1) is 7.07. The number of esters is 1. The Morgan fingerprint density at radius 1 is 1.60 bits per heavy atom. The number of carbonyl (C=O) groups excluding carboxylic acids is 2. The van der Waals surface area contributed by atoms with Gasteiger partial charge in [-0.25, -0.2) is 4.79 Å². The van der Waals surface area contributed by atoms with Crippen molar-refractivity contribution in [2.24, 2.45) is 0 Å². The highest BCUT2D eigenvalue weighted by molar-refractivity contribution is 6.01. The van der Waals surface area contributed by atoms with Gasteiger partial charge in [0, 0.05) is 13.6 Å². The Balaban J connectivity index is 2.87. The zero-order chi connectivity index (χ0) is 11.4. The number of aliphatic hydroxyl groups excluding tert-OH is 1. The molecule has 84 valence electrons. The standard InChI is InChI=1S/C10H15NO4/c1-3-15-10(14)8(12)7-5-4-6-11(2)9(7)13/h12H,3-6H2,1-2H3. The summed E-state index contributed by atoms with van der Waals surface area (Å²) in [5.41, 5.74) is 0.155. The maximum absolute atomic E-state index is 11.6. The van der Waals surface area contributed by atoms with Gasteiger partial charge in [0.1, 0.15) is 0 Å². The van der Waals surface area contributed by atoms with Crippen LogP contribution in [0.15, 0.2) is 11.3 Å². The second-order valence-corrected chi connectivity index (χ2v) is 3.38. The van der Waals surface area contributed by atoms with Crippen LogP contribution in [0.25, 0.3) is 0 Å². The van der Waals surface area contributed by atoms with Crippen molar-refractivity contribution >= 4 is 11.9 Å². The van der Waals surface area contributed by atoms with E-state index < -0.39 is 11.7 Å². The third kappa shape index (κ3) is 2.49. The first-order valence-corrected chi connectivity index (χ1v) is 4.92. The van der Waals surface area contributed by atoms with Crippen LogP contribution >= 0.6 is 0 Å². The summed E-state index contributed by atoms with van der Waals surface area (Å²) in [7, 11) is 1.64. The van der Waals surface area contributed by atoms with Crippen molar-refractivity contribution in [3.05, 3.63) is 11.3 Å². The number of amides is 1. The molecule has 0 bridgehead atoms. The van der Waals surface area contributed by atoms with Crippen molar-refractivity contribution in [3.8, 4) is 0 Å². The smallest absolute Gasteiger partial charge is 0.373 e. The Morgan fingerprint density at radius 3 is 2.87 bits per heavy atom. The summed E-state index contributed by atoms with van der Waals surface area (Å²) in [4.78, 5) is 24.2. The molecule has 1 heterocycles. The van der Waals surface area contributed by atoms with Crippen molar-refractivity contribution in [2.75, 3.05) is 20.2 Å². The molecule has 0 aromatic carbocycles. The molecule has 1 amide bonds. The molecule has 1 saturated heterocycles. The van der Waals surface area contributed by atoms with E-state index in [0.717, 1.165) is 6.42 Å². The number of carbonyl (C=O) groups is 2. The van der Waals surface area contributed by atoms with Gasteiger partial charge in [-0.05, 0) is 19.8 Å². The number of rotatable bonds is 2. The second kappa shape index (κ2) is 4.82. The first-order valence-electron chi connectivity index (χ1n) is 4.92. The summed E-state index contributed by atoms with van der Waals surface area (Å²) in [6.45, 7) is 2.48. The Bertz CT molecular complexity index is 309. The number of likely N-dealkylation sites (N-methyl/N-ethyl adjacent to an activating group) is 1. The van der Waals surface area contributed by atoms with Crippen molar-refractivity contribution in [3.63, 3.8) is 0 Å². The van der Waals surface area contributed by atoms with Gasteiger partial charge >= 0.3 is 5.97 Å². The molecule has 0 aromatic rings. The van der Waals surface area contributed by atoms with Crippen LogP contribution in [0.2, 0.25) is 0 Å². The minimum absolute atomic E-state index is 0.155. The molecule has 5 heteroatoms. The monoisotopic (exact) mass is 213 g/mol. The molecule has 0 aromatic heterocycles. The van der Waals surface area contributed by atoms with E-state index in [-0.39, 0.29) is 18.1 Å². The average molecular weight is 213 g/mol. The van der Waals surface area contributed by atoms with Gasteiger partial charge in [-0.1, -0.05) is 0 Å². The predicted molar refractivity (Wildman–Crippen MR) is 53.2 cm³/mol. The number of likely N-dealkylation sites (tertiary alicyclic amines) is 1. The molecule has 1 fully saturated rings. The van der Waals surface area contributed by atoms with Crippen molar-refractivity contribution < 1.29 is 19.4 Å². The van der Waals surface area contributed by atoms with E-state index in [1.165, 1.54) is 4.90 Å². The minimum Gasteiger partial charge on any atom is -0.501 e. The van der Waals surface area contributed by atoms with Gasteiger partial charge in [-0.3, -0.25) is 4.79 Å². The highest BCUT2D eigenvalue weighted by Crippen LogP contribution is 2.19. The highest BCUT2D eigenvalue weighted by atomic mass is 16.5. The van der Waals surface area contributed by atoms with Crippen LogP contribution in [0.4, 0.5) is 0 Å². The number of piperidine rings is 1. The predicted octanol–water partition coefficient (Wildman–Crippen LogP) is 0.614. The van der Waals surface area contributed by atoms with E-state index in [1.54, 1.807) is 14.0 Å². The van der Waals surface area contributed by atoms with Crippen molar-refractivity contribution in [1.82, 2.24) is 4.90 Å². The zero-order valence-corrected chi connectivity index (χ0v) is 8.95. The molecule has 1 aliphatic rings. The summed E-state index contributed by atoms with van der Waals surface area (Å²) in [5, 5.41) is 9.52. The number of hydrogen-bond donors (Lipinski definition) is 1. The van der Waals surface area contributed by atoms with Gasteiger partial charge in [0.05, 0.1) is 12.2 Å². The molecule has 0 spiro atoms. The molecule has 5 nitrogen and oxygen atoms in total. The van der Waals surface area contributed by atoms with Gasteiger partial charge in [-0.2, -0.15) is 0 Å². The summed E-state index contributed by atoms with van der Waals surface area (Å²) >= 11 is 0. The molecular weight excluding hydrogens is 198 g/mol. The Hall–Kier alpha value is -1.52. The average Bonchev–Trinajstić information content (AvgIpc) is 2.21. The van der Waals surface area contributed by atoms with E-state index in [0.29, 0.717) is 13.0 Å². The molecule has 1 aliphatic heterocycles. The third-order valence-electron chi connectivity index (χ3n) is 2.28. The van der Waals surface area contributed by atoms with E-state index in [2.05, 4.69) is 4.74 Å². The lowest BCUT2D eigenvalue weighted by atomic mass is 10.0. The Kier molecular flexibility index (Phi) is 3.71. The maximum atomic E-state index is 11.6. The van der Waals surface area contributed by atoms with Crippen molar-refractivity contribution in [2.45, 2.75) is 19.8 Å². The van der Waals surface area contributed by atoms with Gasteiger partial charge in [0.2, 0.25) is 5.76 Å². The molecule has 0 saturated carbocycles. The van der Waals surface area contributed by atoms with E-state index in [9.17, 15) is 14.7 Å². The zero-order valence-electron chi connectivity index (χ0n) is 8.95. The van der Waals surface area contributed by atoms with Crippen LogP contribution in [-0.4, -0.2) is 42.1 Å². The fourth-order valence-electron chi connectivity index (χ4n) is 1.47. The lowest BCUT2D eigenvalue weighted by molar-refractivity contribution is -0.142. The second-order valence-electron chi connectivity index (χ2n) is 3.38. The largest absolute Gasteiger partial charge is 0.501 e.